The average Bonchev–Trinajstić information content (AvgIpc) is 3.93. The molecule has 4 aromatic rings. The number of halogens is 2. The average molecular weight is 1050 g/mol. The lowest BCUT2D eigenvalue weighted by Crippen LogP contribution is -2.39. The van der Waals surface area contributed by atoms with Crippen LogP contribution in [-0.2, 0) is 51.8 Å². The highest BCUT2D eigenvalue weighted by molar-refractivity contribution is 7.89. The fourth-order valence-electron chi connectivity index (χ4n) is 7.60. The van der Waals surface area contributed by atoms with E-state index in [4.69, 9.17) is 51.6 Å². The maximum atomic E-state index is 12.7. The third-order valence-corrected chi connectivity index (χ3v) is 14.6. The van der Waals surface area contributed by atoms with Crippen LogP contribution in [0.25, 0.3) is 0 Å². The van der Waals surface area contributed by atoms with Crippen LogP contribution in [0.5, 0.6) is 11.5 Å². The van der Waals surface area contributed by atoms with Crippen LogP contribution in [0.4, 0.5) is 9.59 Å². The summed E-state index contributed by atoms with van der Waals surface area (Å²) < 4.78 is 90.0. The molecule has 0 spiro atoms. The summed E-state index contributed by atoms with van der Waals surface area (Å²) in [4.78, 5) is 24.3. The fourth-order valence-corrected chi connectivity index (χ4v) is 9.99. The van der Waals surface area contributed by atoms with Gasteiger partial charge in [0.25, 0.3) is 0 Å². The summed E-state index contributed by atoms with van der Waals surface area (Å²) in [5.74, 6) is 1.15. The molecule has 2 atom stereocenters. The molecule has 382 valence electrons. The zero-order chi connectivity index (χ0) is 49.6. The Morgan fingerprint density at radius 1 is 0.471 bits per heavy atom. The number of urea groups is 2. The third-order valence-electron chi connectivity index (χ3n) is 11.1. The Morgan fingerprint density at radius 3 is 1.21 bits per heavy atom. The fraction of sp³-hybridized carbons (Fsp3) is 0.458. The van der Waals surface area contributed by atoms with E-state index in [2.05, 4.69) is 30.7 Å². The van der Waals surface area contributed by atoms with E-state index < -0.39 is 20.0 Å². The number of nitrogens with one attached hydrogen (secondary N) is 6. The Balaban J connectivity index is 0.667. The number of unbranched alkanes of at least 4 members (excludes halogenated alkanes) is 1. The third kappa shape index (κ3) is 18.1. The van der Waals surface area contributed by atoms with Crippen LogP contribution in [0, 0.1) is 0 Å². The van der Waals surface area contributed by atoms with Crippen molar-refractivity contribution in [2.45, 2.75) is 60.5 Å². The number of hydrogen-bond donors (Lipinski definition) is 6. The summed E-state index contributed by atoms with van der Waals surface area (Å²) in [5.41, 5.74) is 4.53. The normalized spacial score (nSPS) is 15.2. The predicted molar refractivity (Wildman–Crippen MR) is 265 cm³/mol. The van der Waals surface area contributed by atoms with Crippen LogP contribution in [0.2, 0.25) is 10.0 Å². The highest BCUT2D eigenvalue weighted by atomic mass is 35.5. The van der Waals surface area contributed by atoms with Crippen LogP contribution in [-0.4, -0.2) is 121 Å². The van der Waals surface area contributed by atoms with Crippen LogP contribution in [0.3, 0.4) is 0 Å². The smallest absolute Gasteiger partial charge is 0.314 e. The zero-order valence-electron chi connectivity index (χ0n) is 38.9. The van der Waals surface area contributed by atoms with E-state index in [1.807, 2.05) is 36.4 Å². The van der Waals surface area contributed by atoms with Gasteiger partial charge in [-0.3, -0.25) is 0 Å². The van der Waals surface area contributed by atoms with Gasteiger partial charge < -0.3 is 49.7 Å². The second kappa shape index (κ2) is 28.3. The molecule has 0 bridgehead atoms. The lowest BCUT2D eigenvalue weighted by Gasteiger charge is -2.15. The summed E-state index contributed by atoms with van der Waals surface area (Å²) in [5, 5.41) is 12.2. The number of ether oxygens (including phenoxy) is 6. The molecule has 0 saturated heterocycles. The lowest BCUT2D eigenvalue weighted by atomic mass is 10.1. The molecule has 4 amide bonds. The van der Waals surface area contributed by atoms with Gasteiger partial charge in [0, 0.05) is 49.3 Å². The van der Waals surface area contributed by atoms with Crippen molar-refractivity contribution in [2.24, 2.45) is 0 Å². The Kier molecular flexibility index (Phi) is 22.1. The highest BCUT2D eigenvalue weighted by Crippen LogP contribution is 2.38. The number of amides is 4. The van der Waals surface area contributed by atoms with Gasteiger partial charge in [0.15, 0.2) is 0 Å². The molecule has 0 radical (unpaired) electrons. The van der Waals surface area contributed by atoms with Gasteiger partial charge in [-0.15, -0.1) is 0 Å². The number of aryl methyl sites for hydroxylation is 2. The lowest BCUT2D eigenvalue weighted by molar-refractivity contribution is 0.0516. The SMILES string of the molecule is O=C(NCCCCNC(=O)NCCOCCOCCNS(=O)(=O)c1ccc(O[C@@H]2CCc3ccc(Cl)cc32)cc1)NCCOCCOCCNS(=O)(=O)c1ccc(O[C@@H]2CCc3ccc(Cl)cc32)cc1. The predicted octanol–water partition coefficient (Wildman–Crippen LogP) is 5.83. The first-order chi connectivity index (χ1) is 33.9. The maximum absolute atomic E-state index is 12.7. The van der Waals surface area contributed by atoms with Gasteiger partial charge in [-0.1, -0.05) is 35.3 Å². The Morgan fingerprint density at radius 2 is 0.829 bits per heavy atom. The Hall–Kier alpha value is -4.74. The van der Waals surface area contributed by atoms with Crippen molar-refractivity contribution in [3.63, 3.8) is 0 Å². The molecule has 0 unspecified atom stereocenters. The number of fused-ring (bicyclic) bond motifs is 2. The molecule has 6 N–H and O–H groups in total. The molecule has 22 heteroatoms. The second-order valence-corrected chi connectivity index (χ2v) is 20.6. The number of hydrogen-bond acceptors (Lipinski definition) is 12. The molecule has 18 nitrogen and oxygen atoms in total. The van der Waals surface area contributed by atoms with Crippen LogP contribution in [0.15, 0.2) is 94.7 Å². The zero-order valence-corrected chi connectivity index (χ0v) is 42.0. The van der Waals surface area contributed by atoms with Crippen molar-refractivity contribution < 1.29 is 54.8 Å². The van der Waals surface area contributed by atoms with E-state index in [9.17, 15) is 26.4 Å². The summed E-state index contributed by atoms with van der Waals surface area (Å²) in [6.45, 7) is 3.55. The number of sulfonamides is 2. The van der Waals surface area contributed by atoms with Gasteiger partial charge >= 0.3 is 12.1 Å². The van der Waals surface area contributed by atoms with Crippen molar-refractivity contribution in [3.05, 3.63) is 117 Å². The molecule has 0 aromatic heterocycles. The minimum Gasteiger partial charge on any atom is -0.486 e. The Bertz CT molecular complexity index is 2340. The second-order valence-electron chi connectivity index (χ2n) is 16.2. The van der Waals surface area contributed by atoms with Crippen LogP contribution >= 0.6 is 23.2 Å². The van der Waals surface area contributed by atoms with Gasteiger partial charge in [0.1, 0.15) is 23.7 Å². The minimum absolute atomic E-state index is 0.0870. The molecule has 4 aromatic carbocycles. The first-order valence-electron chi connectivity index (χ1n) is 23.3. The molecule has 2 aliphatic rings. The van der Waals surface area contributed by atoms with Gasteiger partial charge in [-0.25, -0.2) is 35.9 Å². The van der Waals surface area contributed by atoms with E-state index in [-0.39, 0.29) is 100 Å². The summed E-state index contributed by atoms with van der Waals surface area (Å²) in [7, 11) is -7.46. The molecular weight excluding hydrogens is 988 g/mol. The minimum atomic E-state index is -3.73. The van der Waals surface area contributed by atoms with Crippen LogP contribution in [0.1, 0.15) is 60.1 Å². The van der Waals surface area contributed by atoms with E-state index in [0.717, 1.165) is 36.8 Å². The highest BCUT2D eigenvalue weighted by Gasteiger charge is 2.26. The molecule has 0 fully saturated rings. The largest absolute Gasteiger partial charge is 0.486 e. The molecule has 0 saturated carbocycles. The topological polar surface area (TPSA) is 230 Å². The molecular formula is C48H62Cl2N6O12S2. The van der Waals surface area contributed by atoms with Gasteiger partial charge in [0.05, 0.1) is 62.6 Å². The quantitative estimate of drug-likeness (QED) is 0.0328. The van der Waals surface area contributed by atoms with E-state index >= 15 is 0 Å². The van der Waals surface area contributed by atoms with Crippen molar-refractivity contribution in [3.8, 4) is 11.5 Å². The van der Waals surface area contributed by atoms with Crippen molar-refractivity contribution in [1.82, 2.24) is 30.7 Å². The van der Waals surface area contributed by atoms with Gasteiger partial charge in [-0.05, 0) is 134 Å². The van der Waals surface area contributed by atoms with E-state index in [1.165, 1.54) is 35.4 Å². The van der Waals surface area contributed by atoms with E-state index in [1.54, 1.807) is 24.3 Å². The summed E-state index contributed by atoms with van der Waals surface area (Å²) in [6, 6.07) is 23.5. The summed E-state index contributed by atoms with van der Waals surface area (Å²) >= 11 is 12.3. The number of rotatable bonds is 31. The molecule has 0 heterocycles. The summed E-state index contributed by atoms with van der Waals surface area (Å²) in [6.07, 6.45) is 4.52. The maximum Gasteiger partial charge on any atom is 0.314 e. The number of benzene rings is 4. The molecule has 6 rings (SSSR count). The first-order valence-corrected chi connectivity index (χ1v) is 27.0. The number of carbonyl (C=O) groups is 2. The van der Waals surface area contributed by atoms with Crippen molar-refractivity contribution in [1.29, 1.82) is 0 Å². The Labute approximate surface area is 420 Å². The first kappa shape index (κ1) is 54.6. The van der Waals surface area contributed by atoms with Crippen LogP contribution < -0.4 is 40.2 Å². The van der Waals surface area contributed by atoms with E-state index in [0.29, 0.717) is 60.6 Å². The van der Waals surface area contributed by atoms with Gasteiger partial charge in [-0.2, -0.15) is 0 Å². The monoisotopic (exact) mass is 1050 g/mol. The van der Waals surface area contributed by atoms with Crippen molar-refractivity contribution in [2.75, 3.05) is 92.1 Å². The van der Waals surface area contributed by atoms with Crippen molar-refractivity contribution >= 4 is 55.3 Å². The molecule has 70 heavy (non-hydrogen) atoms. The molecule has 0 aliphatic heterocycles. The van der Waals surface area contributed by atoms with Gasteiger partial charge in [0.2, 0.25) is 20.0 Å². The molecule has 2 aliphatic carbocycles. The number of carbonyl (C=O) groups excluding carboxylic acids is 2. The standard InChI is InChI=1S/C48H62Cl2N6O12S2/c49-37-7-3-35-5-17-45(43(35)33-37)67-39-9-13-41(14-10-39)69(59,60)55-23-27-65-31-29-63-25-21-53-47(57)51-19-1-2-20-52-48(58)54-22-26-64-30-32-66-28-24-56-70(61,62)42-15-11-40(12-16-42)68-46-18-6-36-4-8-38(50)34-44(36)46/h3-4,7-16,33-34,45-46,55-56H,1-2,5-6,17-32H2,(H2,51,53,57)(H2,52,54,58)/t45-,46-/m1/s1.